The molecule has 1 aromatic carbocycles. The van der Waals surface area contributed by atoms with Gasteiger partial charge < -0.3 is 5.32 Å². The van der Waals surface area contributed by atoms with Crippen molar-refractivity contribution in [1.29, 1.82) is 0 Å². The van der Waals surface area contributed by atoms with Crippen molar-refractivity contribution >= 4 is 11.8 Å². The van der Waals surface area contributed by atoms with Gasteiger partial charge >= 0.3 is 0 Å². The summed E-state index contributed by atoms with van der Waals surface area (Å²) >= 11 is 1.87. The number of para-hydroxylation sites is 1. The number of hydrogen-bond acceptors (Lipinski definition) is 3. The Morgan fingerprint density at radius 3 is 2.60 bits per heavy atom. The van der Waals surface area contributed by atoms with Crippen molar-refractivity contribution in [3.63, 3.8) is 0 Å². The summed E-state index contributed by atoms with van der Waals surface area (Å²) in [6.07, 6.45) is 2.14. The Morgan fingerprint density at radius 2 is 1.95 bits per heavy atom. The minimum Gasteiger partial charge on any atom is -0.309 e. The molecule has 0 aliphatic carbocycles. The highest BCUT2D eigenvalue weighted by Gasteiger charge is 2.13. The van der Waals surface area contributed by atoms with E-state index in [0.717, 1.165) is 23.7 Å². The van der Waals surface area contributed by atoms with Gasteiger partial charge in [-0.2, -0.15) is 16.9 Å². The van der Waals surface area contributed by atoms with Crippen LogP contribution in [-0.2, 0) is 6.54 Å². The van der Waals surface area contributed by atoms with Crippen LogP contribution in [0, 0.1) is 13.8 Å². The minimum absolute atomic E-state index is 0.517. The molecule has 0 saturated heterocycles. The van der Waals surface area contributed by atoms with Gasteiger partial charge in [0.1, 0.15) is 0 Å². The number of thioether (sulfide) groups is 1. The number of hydrogen-bond donors (Lipinski definition) is 1. The Labute approximate surface area is 125 Å². The monoisotopic (exact) mass is 289 g/mol. The molecule has 0 spiro atoms. The van der Waals surface area contributed by atoms with Gasteiger partial charge in [-0.05, 0) is 39.2 Å². The summed E-state index contributed by atoms with van der Waals surface area (Å²) in [5, 5.41) is 8.25. The summed E-state index contributed by atoms with van der Waals surface area (Å²) in [4.78, 5) is 0. The Bertz CT molecular complexity index is 548. The highest BCUT2D eigenvalue weighted by atomic mass is 32.2. The lowest BCUT2D eigenvalue weighted by molar-refractivity contribution is 0.593. The number of aromatic nitrogens is 2. The van der Waals surface area contributed by atoms with Gasteiger partial charge in [0.05, 0.1) is 11.4 Å². The van der Waals surface area contributed by atoms with Crippen LogP contribution in [-0.4, -0.2) is 27.8 Å². The topological polar surface area (TPSA) is 29.9 Å². The first kappa shape index (κ1) is 15.1. The molecule has 1 N–H and O–H groups in total. The van der Waals surface area contributed by atoms with Crippen molar-refractivity contribution < 1.29 is 0 Å². The van der Waals surface area contributed by atoms with Crippen LogP contribution < -0.4 is 5.32 Å². The van der Waals surface area contributed by atoms with Gasteiger partial charge in [-0.25, -0.2) is 4.68 Å². The molecule has 0 saturated carbocycles. The van der Waals surface area contributed by atoms with Crippen molar-refractivity contribution in [2.45, 2.75) is 33.4 Å². The van der Waals surface area contributed by atoms with Crippen LogP contribution in [0.1, 0.15) is 23.9 Å². The first-order valence-corrected chi connectivity index (χ1v) is 8.35. The third kappa shape index (κ3) is 3.44. The van der Waals surface area contributed by atoms with Gasteiger partial charge in [0.15, 0.2) is 0 Å². The number of aryl methyl sites for hydroxylation is 1. The molecule has 3 nitrogen and oxygen atoms in total. The average Bonchev–Trinajstić information content (AvgIpc) is 2.73. The molecule has 108 valence electrons. The van der Waals surface area contributed by atoms with Gasteiger partial charge in [-0.15, -0.1) is 0 Å². The van der Waals surface area contributed by atoms with E-state index in [9.17, 15) is 0 Å². The molecule has 1 heterocycles. The maximum absolute atomic E-state index is 4.68. The normalized spacial score (nSPS) is 12.6. The third-order valence-corrected chi connectivity index (χ3v) is 4.32. The summed E-state index contributed by atoms with van der Waals surface area (Å²) < 4.78 is 2.03. The lowest BCUT2D eigenvalue weighted by Crippen LogP contribution is -2.28. The van der Waals surface area contributed by atoms with Crippen molar-refractivity contribution in [3.8, 4) is 5.69 Å². The van der Waals surface area contributed by atoms with Crippen LogP contribution in [0.5, 0.6) is 0 Å². The quantitative estimate of drug-likeness (QED) is 0.884. The largest absolute Gasteiger partial charge is 0.309 e. The zero-order valence-corrected chi connectivity index (χ0v) is 13.5. The van der Waals surface area contributed by atoms with E-state index in [0.29, 0.717) is 6.04 Å². The van der Waals surface area contributed by atoms with Crippen molar-refractivity contribution in [2.24, 2.45) is 0 Å². The Balaban J connectivity index is 2.17. The molecule has 2 rings (SSSR count). The van der Waals surface area contributed by atoms with Crippen LogP contribution in [0.2, 0.25) is 0 Å². The second-order valence-corrected chi connectivity index (χ2v) is 6.04. The first-order valence-electron chi connectivity index (χ1n) is 6.96. The van der Waals surface area contributed by atoms with E-state index in [1.54, 1.807) is 0 Å². The highest BCUT2D eigenvalue weighted by molar-refractivity contribution is 7.98. The number of benzene rings is 1. The average molecular weight is 289 g/mol. The van der Waals surface area contributed by atoms with Crippen LogP contribution in [0.25, 0.3) is 5.69 Å². The number of nitrogens with one attached hydrogen (secondary N) is 1. The SMILES string of the molecule is CSCC(C)NCc1c(C)nn(-c2ccccc2)c1C. The summed E-state index contributed by atoms with van der Waals surface area (Å²) in [6.45, 7) is 7.33. The molecule has 2 aromatic rings. The maximum atomic E-state index is 4.68. The lowest BCUT2D eigenvalue weighted by Gasteiger charge is -2.12. The van der Waals surface area contributed by atoms with E-state index >= 15 is 0 Å². The summed E-state index contributed by atoms with van der Waals surface area (Å²) in [6, 6.07) is 10.8. The lowest BCUT2D eigenvalue weighted by atomic mass is 10.2. The van der Waals surface area contributed by atoms with E-state index in [1.807, 2.05) is 34.6 Å². The van der Waals surface area contributed by atoms with Gasteiger partial charge in [-0.3, -0.25) is 0 Å². The van der Waals surface area contributed by atoms with Crippen LogP contribution in [0.15, 0.2) is 30.3 Å². The molecular formula is C16H23N3S. The van der Waals surface area contributed by atoms with E-state index in [4.69, 9.17) is 0 Å². The molecule has 0 aliphatic heterocycles. The van der Waals surface area contributed by atoms with Crippen LogP contribution >= 0.6 is 11.8 Å². The molecule has 1 aromatic heterocycles. The summed E-state index contributed by atoms with van der Waals surface area (Å²) in [5.74, 6) is 1.13. The zero-order chi connectivity index (χ0) is 14.5. The maximum Gasteiger partial charge on any atom is 0.0648 e. The molecule has 0 fully saturated rings. The second-order valence-electron chi connectivity index (χ2n) is 5.13. The first-order chi connectivity index (χ1) is 9.63. The van der Waals surface area contributed by atoms with E-state index in [1.165, 1.54) is 11.3 Å². The fourth-order valence-electron chi connectivity index (χ4n) is 2.34. The molecule has 1 unspecified atom stereocenters. The molecule has 4 heteroatoms. The molecule has 1 atom stereocenters. The molecule has 20 heavy (non-hydrogen) atoms. The standard InChI is InChI=1S/C16H23N3S/c1-12(11-20-4)17-10-16-13(2)18-19(14(16)3)15-8-6-5-7-9-15/h5-9,12,17H,10-11H2,1-4H3. The van der Waals surface area contributed by atoms with Gasteiger partial charge in [0.2, 0.25) is 0 Å². The molecular weight excluding hydrogens is 266 g/mol. The Morgan fingerprint density at radius 1 is 1.25 bits per heavy atom. The highest BCUT2D eigenvalue weighted by Crippen LogP contribution is 2.17. The minimum atomic E-state index is 0.517. The molecule has 0 radical (unpaired) electrons. The molecule has 0 aliphatic rings. The smallest absolute Gasteiger partial charge is 0.0648 e. The third-order valence-electron chi connectivity index (χ3n) is 3.49. The predicted octanol–water partition coefficient (Wildman–Crippen LogP) is 3.33. The van der Waals surface area contributed by atoms with Crippen molar-refractivity contribution in [2.75, 3.05) is 12.0 Å². The van der Waals surface area contributed by atoms with E-state index in [2.05, 4.69) is 49.6 Å². The van der Waals surface area contributed by atoms with Crippen LogP contribution in [0.4, 0.5) is 0 Å². The second kappa shape index (κ2) is 6.95. The fourth-order valence-corrected chi connectivity index (χ4v) is 2.95. The van der Waals surface area contributed by atoms with Gasteiger partial charge in [0, 0.05) is 29.6 Å². The zero-order valence-electron chi connectivity index (χ0n) is 12.7. The molecule has 0 amide bonds. The summed E-state index contributed by atoms with van der Waals surface area (Å²) in [5.41, 5.74) is 4.76. The fraction of sp³-hybridized carbons (Fsp3) is 0.438. The Hall–Kier alpha value is -1.26. The van der Waals surface area contributed by atoms with Crippen molar-refractivity contribution in [3.05, 3.63) is 47.3 Å². The molecule has 0 bridgehead atoms. The van der Waals surface area contributed by atoms with Crippen LogP contribution in [0.3, 0.4) is 0 Å². The van der Waals surface area contributed by atoms with E-state index in [-0.39, 0.29) is 0 Å². The predicted molar refractivity (Wildman–Crippen MR) is 87.7 cm³/mol. The van der Waals surface area contributed by atoms with Gasteiger partial charge in [-0.1, -0.05) is 18.2 Å². The summed E-state index contributed by atoms with van der Waals surface area (Å²) in [7, 11) is 0. The van der Waals surface area contributed by atoms with Crippen molar-refractivity contribution in [1.82, 2.24) is 15.1 Å². The van der Waals surface area contributed by atoms with Gasteiger partial charge in [0.25, 0.3) is 0 Å². The number of rotatable bonds is 6. The van der Waals surface area contributed by atoms with E-state index < -0.39 is 0 Å². The number of nitrogens with zero attached hydrogens (tertiary/aromatic N) is 2. The Kier molecular flexibility index (Phi) is 5.26.